The summed E-state index contributed by atoms with van der Waals surface area (Å²) in [6, 6.07) is 17.7. The maximum atomic E-state index is 13.5. The number of halogens is 3. The van der Waals surface area contributed by atoms with Gasteiger partial charge >= 0.3 is 0 Å². The zero-order chi connectivity index (χ0) is 20.2. The van der Waals surface area contributed by atoms with E-state index in [2.05, 4.69) is 0 Å². The number of aliphatic hydroxyl groups is 1. The van der Waals surface area contributed by atoms with E-state index in [4.69, 9.17) is 9.47 Å². The van der Waals surface area contributed by atoms with Gasteiger partial charge in [-0.15, -0.1) is 12.4 Å². The molecule has 4 rings (SSSR count). The molecule has 0 bridgehead atoms. The minimum absolute atomic E-state index is 0. The second-order valence-electron chi connectivity index (χ2n) is 7.27. The maximum Gasteiger partial charge on any atom is 0.159 e. The fourth-order valence-electron chi connectivity index (χ4n) is 3.58. The van der Waals surface area contributed by atoms with Crippen LogP contribution in [0.3, 0.4) is 0 Å². The minimum atomic E-state index is -0.882. The van der Waals surface area contributed by atoms with Crippen LogP contribution in [-0.4, -0.2) is 49.0 Å². The molecule has 1 heterocycles. The summed E-state index contributed by atoms with van der Waals surface area (Å²) in [5, 5.41) is 12.6. The predicted molar refractivity (Wildman–Crippen MR) is 114 cm³/mol. The summed E-state index contributed by atoms with van der Waals surface area (Å²) in [6.45, 7) is 2.20. The summed E-state index contributed by atoms with van der Waals surface area (Å²) in [5.74, 6) is -1.04. The van der Waals surface area contributed by atoms with Gasteiger partial charge in [-0.1, -0.05) is 36.4 Å². The Morgan fingerprint density at radius 1 is 1.03 bits per heavy atom. The fourth-order valence-corrected chi connectivity index (χ4v) is 3.58. The second kappa shape index (κ2) is 10.2. The molecule has 0 aliphatic carbocycles. The Balaban J connectivity index is 0.00000256. The van der Waals surface area contributed by atoms with Crippen LogP contribution in [0.15, 0.2) is 60.7 Å². The van der Waals surface area contributed by atoms with Crippen molar-refractivity contribution in [3.63, 3.8) is 0 Å². The summed E-state index contributed by atoms with van der Waals surface area (Å²) < 4.78 is 38.1. The third-order valence-corrected chi connectivity index (χ3v) is 5.10. The van der Waals surface area contributed by atoms with Crippen LogP contribution in [0.4, 0.5) is 8.78 Å². The lowest BCUT2D eigenvalue weighted by Gasteiger charge is -2.34. The molecule has 0 spiro atoms. The SMILES string of the molecule is Cl.OC(COc1ccc2ccccc2c1)CN1CCOC(c2ccc(F)c(F)c2)C1. The van der Waals surface area contributed by atoms with Gasteiger partial charge in [0, 0.05) is 19.6 Å². The number of β-amino-alcohol motifs (C(OH)–C–C–N with tert-alkyl or cyclic N) is 1. The zero-order valence-electron chi connectivity index (χ0n) is 16.3. The smallest absolute Gasteiger partial charge is 0.159 e. The standard InChI is InChI=1S/C23H23F2NO3.ClH/c24-21-8-6-18(12-22(21)25)23-14-26(9-10-28-23)13-19(27)15-29-20-7-5-16-3-1-2-4-17(16)11-20;/h1-8,11-12,19,23,27H,9-10,13-15H2;1H. The zero-order valence-corrected chi connectivity index (χ0v) is 17.2. The first-order valence-corrected chi connectivity index (χ1v) is 9.67. The molecule has 0 amide bonds. The summed E-state index contributed by atoms with van der Waals surface area (Å²) in [4.78, 5) is 2.05. The van der Waals surface area contributed by atoms with Crippen LogP contribution < -0.4 is 4.74 Å². The van der Waals surface area contributed by atoms with E-state index in [1.54, 1.807) is 0 Å². The highest BCUT2D eigenvalue weighted by Gasteiger charge is 2.24. The minimum Gasteiger partial charge on any atom is -0.491 e. The lowest BCUT2D eigenvalue weighted by Crippen LogP contribution is -2.43. The molecular weight excluding hydrogens is 412 g/mol. The molecule has 1 aliphatic rings. The van der Waals surface area contributed by atoms with Crippen molar-refractivity contribution in [2.24, 2.45) is 0 Å². The Kier molecular flexibility index (Phi) is 7.61. The van der Waals surface area contributed by atoms with E-state index in [-0.39, 0.29) is 25.1 Å². The lowest BCUT2D eigenvalue weighted by molar-refractivity contribution is -0.0460. The molecule has 0 aromatic heterocycles. The fraction of sp³-hybridized carbons (Fsp3) is 0.304. The van der Waals surface area contributed by atoms with Gasteiger partial charge in [-0.3, -0.25) is 4.90 Å². The van der Waals surface area contributed by atoms with Crippen molar-refractivity contribution < 1.29 is 23.4 Å². The number of ether oxygens (including phenoxy) is 2. The maximum absolute atomic E-state index is 13.5. The van der Waals surface area contributed by atoms with Crippen molar-refractivity contribution in [2.75, 3.05) is 32.8 Å². The van der Waals surface area contributed by atoms with Crippen LogP contribution in [0.25, 0.3) is 10.8 Å². The summed E-state index contributed by atoms with van der Waals surface area (Å²) in [7, 11) is 0. The van der Waals surface area contributed by atoms with Crippen LogP contribution >= 0.6 is 12.4 Å². The van der Waals surface area contributed by atoms with Crippen molar-refractivity contribution in [1.29, 1.82) is 0 Å². The molecule has 1 N–H and O–H groups in total. The van der Waals surface area contributed by atoms with Crippen LogP contribution in [0.2, 0.25) is 0 Å². The number of nitrogens with zero attached hydrogens (tertiary/aromatic N) is 1. The Hall–Kier alpha value is -2.25. The van der Waals surface area contributed by atoms with E-state index in [1.807, 2.05) is 47.4 Å². The van der Waals surface area contributed by atoms with E-state index >= 15 is 0 Å². The van der Waals surface area contributed by atoms with Crippen molar-refractivity contribution in [3.8, 4) is 5.75 Å². The van der Waals surface area contributed by atoms with Gasteiger partial charge in [-0.25, -0.2) is 8.78 Å². The predicted octanol–water partition coefficient (Wildman–Crippen LogP) is 4.35. The van der Waals surface area contributed by atoms with Crippen molar-refractivity contribution >= 4 is 23.2 Å². The molecular formula is C23H24ClF2NO3. The molecule has 4 nitrogen and oxygen atoms in total. The normalized spacial score (nSPS) is 18.0. The number of rotatable bonds is 6. The molecule has 3 aromatic carbocycles. The van der Waals surface area contributed by atoms with Crippen LogP contribution in [0.5, 0.6) is 5.75 Å². The van der Waals surface area contributed by atoms with Gasteiger partial charge in [-0.2, -0.15) is 0 Å². The van der Waals surface area contributed by atoms with Gasteiger partial charge in [-0.05, 0) is 40.6 Å². The van der Waals surface area contributed by atoms with Crippen molar-refractivity contribution in [2.45, 2.75) is 12.2 Å². The molecule has 0 radical (unpaired) electrons. The first kappa shape index (κ1) is 22.4. The molecule has 1 aliphatic heterocycles. The molecule has 2 atom stereocenters. The number of fused-ring (bicyclic) bond motifs is 1. The summed E-state index contributed by atoms with van der Waals surface area (Å²) in [5.41, 5.74) is 0.593. The molecule has 2 unspecified atom stereocenters. The Morgan fingerprint density at radius 3 is 2.63 bits per heavy atom. The van der Waals surface area contributed by atoms with Gasteiger partial charge in [0.15, 0.2) is 11.6 Å². The summed E-state index contributed by atoms with van der Waals surface area (Å²) >= 11 is 0. The van der Waals surface area contributed by atoms with Crippen LogP contribution in [0, 0.1) is 11.6 Å². The van der Waals surface area contributed by atoms with Gasteiger partial charge in [0.2, 0.25) is 0 Å². The molecule has 160 valence electrons. The number of hydrogen-bond acceptors (Lipinski definition) is 4. The monoisotopic (exact) mass is 435 g/mol. The first-order chi connectivity index (χ1) is 14.1. The highest BCUT2D eigenvalue weighted by molar-refractivity contribution is 5.85. The first-order valence-electron chi connectivity index (χ1n) is 9.67. The van der Waals surface area contributed by atoms with E-state index in [9.17, 15) is 13.9 Å². The molecule has 0 saturated carbocycles. The van der Waals surface area contributed by atoms with Gasteiger partial charge in [0.1, 0.15) is 18.5 Å². The average Bonchev–Trinajstić information content (AvgIpc) is 2.74. The topological polar surface area (TPSA) is 41.9 Å². The van der Waals surface area contributed by atoms with E-state index in [0.29, 0.717) is 37.6 Å². The molecule has 3 aromatic rings. The van der Waals surface area contributed by atoms with Crippen molar-refractivity contribution in [3.05, 3.63) is 77.9 Å². The largest absolute Gasteiger partial charge is 0.491 e. The Labute approximate surface area is 180 Å². The number of hydrogen-bond donors (Lipinski definition) is 1. The quantitative estimate of drug-likeness (QED) is 0.625. The third-order valence-electron chi connectivity index (χ3n) is 5.10. The Morgan fingerprint density at radius 2 is 1.83 bits per heavy atom. The van der Waals surface area contributed by atoms with E-state index in [0.717, 1.165) is 16.8 Å². The highest BCUT2D eigenvalue weighted by atomic mass is 35.5. The third kappa shape index (κ3) is 5.46. The van der Waals surface area contributed by atoms with Gasteiger partial charge in [0.25, 0.3) is 0 Å². The number of morpholine rings is 1. The number of aliphatic hydroxyl groups excluding tert-OH is 1. The van der Waals surface area contributed by atoms with Crippen LogP contribution in [-0.2, 0) is 4.74 Å². The molecule has 1 fully saturated rings. The van der Waals surface area contributed by atoms with E-state index < -0.39 is 17.7 Å². The van der Waals surface area contributed by atoms with Gasteiger partial charge < -0.3 is 14.6 Å². The molecule has 30 heavy (non-hydrogen) atoms. The highest BCUT2D eigenvalue weighted by Crippen LogP contribution is 2.24. The second-order valence-corrected chi connectivity index (χ2v) is 7.27. The Bertz CT molecular complexity index is 988. The number of benzene rings is 3. The average molecular weight is 436 g/mol. The van der Waals surface area contributed by atoms with E-state index in [1.165, 1.54) is 12.1 Å². The lowest BCUT2D eigenvalue weighted by atomic mass is 10.1. The molecule has 1 saturated heterocycles. The van der Waals surface area contributed by atoms with Crippen LogP contribution in [0.1, 0.15) is 11.7 Å². The summed E-state index contributed by atoms with van der Waals surface area (Å²) in [6.07, 6.45) is -1.03. The van der Waals surface area contributed by atoms with Gasteiger partial charge in [0.05, 0.1) is 12.7 Å². The molecule has 7 heteroatoms. The van der Waals surface area contributed by atoms with Crippen molar-refractivity contribution in [1.82, 2.24) is 4.90 Å².